The zero-order valence-electron chi connectivity index (χ0n) is 13.1. The molecule has 5 heteroatoms. The van der Waals surface area contributed by atoms with Gasteiger partial charge in [-0.1, -0.05) is 65.3 Å². The molecule has 2 aromatic rings. The molecule has 1 N–H and O–H groups in total. The monoisotopic (exact) mass is 374 g/mol. The smallest absolute Gasteiger partial charge is 0.265 e. The summed E-state index contributed by atoms with van der Waals surface area (Å²) in [6.07, 6.45) is 1.57. The summed E-state index contributed by atoms with van der Waals surface area (Å²) in [5.41, 5.74) is 2.81. The van der Waals surface area contributed by atoms with Gasteiger partial charge >= 0.3 is 0 Å². The Bertz CT molecular complexity index is 682. The number of hydrogen-bond donors (Lipinski definition) is 1. The molecule has 1 amide bonds. The topological polar surface area (TPSA) is 50.7 Å². The van der Waals surface area contributed by atoms with Gasteiger partial charge < -0.3 is 10.2 Å². The maximum atomic E-state index is 11.9. The number of benzene rings is 2. The number of para-hydroxylation sites is 1. The van der Waals surface area contributed by atoms with Crippen LogP contribution in [-0.4, -0.2) is 18.7 Å². The van der Waals surface area contributed by atoms with Gasteiger partial charge in [-0.15, -0.1) is 0 Å². The van der Waals surface area contributed by atoms with Gasteiger partial charge in [0.15, 0.2) is 6.61 Å². The highest BCUT2D eigenvalue weighted by molar-refractivity contribution is 9.10. The number of amides is 1. The van der Waals surface area contributed by atoms with E-state index in [-0.39, 0.29) is 12.5 Å². The molecule has 4 nitrogen and oxygen atoms in total. The van der Waals surface area contributed by atoms with Gasteiger partial charge in [0.05, 0.1) is 6.21 Å². The van der Waals surface area contributed by atoms with Crippen LogP contribution < -0.4 is 5.32 Å². The predicted octanol–water partition coefficient (Wildman–Crippen LogP) is 4.56. The molecule has 0 saturated carbocycles. The van der Waals surface area contributed by atoms with Crippen LogP contribution in [0.2, 0.25) is 0 Å². The van der Waals surface area contributed by atoms with E-state index in [1.54, 1.807) is 6.21 Å². The highest BCUT2D eigenvalue weighted by atomic mass is 79.9. The maximum Gasteiger partial charge on any atom is 0.265 e. The van der Waals surface area contributed by atoms with Gasteiger partial charge in [-0.25, -0.2) is 0 Å². The molecule has 2 rings (SSSR count). The van der Waals surface area contributed by atoms with E-state index in [2.05, 4.69) is 40.2 Å². The van der Waals surface area contributed by atoms with Crippen LogP contribution >= 0.6 is 15.9 Å². The third-order valence-corrected chi connectivity index (χ3v) is 3.73. The van der Waals surface area contributed by atoms with Crippen molar-refractivity contribution in [3.8, 4) is 0 Å². The molecule has 0 heterocycles. The Kier molecular flexibility index (Phi) is 6.35. The highest BCUT2D eigenvalue weighted by Gasteiger charge is 2.09. The number of anilines is 1. The van der Waals surface area contributed by atoms with Gasteiger partial charge in [-0.3, -0.25) is 4.79 Å². The number of carbonyl (C=O) groups excluding carboxylic acids is 1. The Labute approximate surface area is 144 Å². The van der Waals surface area contributed by atoms with E-state index >= 15 is 0 Å². The zero-order chi connectivity index (χ0) is 16.7. The lowest BCUT2D eigenvalue weighted by Gasteiger charge is -2.13. The van der Waals surface area contributed by atoms with Gasteiger partial charge in [0, 0.05) is 10.2 Å². The standard InChI is InChI=1S/C18H19BrN2O2/c1-13(2)16-5-3-4-6-17(16)21-18(22)12-23-20-11-14-7-9-15(19)10-8-14/h3-11,13H,12H2,1-2H3,(H,21,22)/b20-11-. The first-order chi connectivity index (χ1) is 11.1. The Balaban J connectivity index is 1.85. The molecule has 23 heavy (non-hydrogen) atoms. The van der Waals surface area contributed by atoms with E-state index < -0.39 is 0 Å². The number of oxime groups is 1. The molecule has 0 unspecified atom stereocenters. The van der Waals surface area contributed by atoms with Crippen molar-refractivity contribution < 1.29 is 9.63 Å². The molecule has 0 aliphatic carbocycles. The van der Waals surface area contributed by atoms with E-state index in [0.717, 1.165) is 21.3 Å². The molecule has 0 fully saturated rings. The van der Waals surface area contributed by atoms with E-state index in [1.165, 1.54) is 0 Å². The first-order valence-electron chi connectivity index (χ1n) is 7.36. The van der Waals surface area contributed by atoms with Gasteiger partial charge in [0.1, 0.15) is 0 Å². The van der Waals surface area contributed by atoms with Crippen molar-refractivity contribution in [2.45, 2.75) is 19.8 Å². The molecular weight excluding hydrogens is 356 g/mol. The summed E-state index contributed by atoms with van der Waals surface area (Å²) in [6.45, 7) is 4.05. The van der Waals surface area contributed by atoms with Crippen molar-refractivity contribution >= 4 is 33.7 Å². The second-order valence-corrected chi connectivity index (χ2v) is 6.27. The van der Waals surface area contributed by atoms with Gasteiger partial charge in [-0.05, 0) is 35.2 Å². The maximum absolute atomic E-state index is 11.9. The van der Waals surface area contributed by atoms with E-state index in [9.17, 15) is 4.79 Å². The average molecular weight is 375 g/mol. The number of nitrogens with one attached hydrogen (secondary N) is 1. The third kappa shape index (κ3) is 5.53. The molecule has 0 aliphatic rings. The first kappa shape index (κ1) is 17.2. The summed E-state index contributed by atoms with van der Waals surface area (Å²) in [4.78, 5) is 17.0. The summed E-state index contributed by atoms with van der Waals surface area (Å²) < 4.78 is 0.999. The number of hydrogen-bond acceptors (Lipinski definition) is 3. The molecule has 0 radical (unpaired) electrons. The highest BCUT2D eigenvalue weighted by Crippen LogP contribution is 2.23. The lowest BCUT2D eigenvalue weighted by molar-refractivity contribution is -0.120. The Morgan fingerprint density at radius 2 is 1.91 bits per heavy atom. The molecule has 0 saturated heterocycles. The summed E-state index contributed by atoms with van der Waals surface area (Å²) in [7, 11) is 0. The zero-order valence-corrected chi connectivity index (χ0v) is 14.7. The molecule has 0 aromatic heterocycles. The lowest BCUT2D eigenvalue weighted by Crippen LogP contribution is -2.18. The number of nitrogens with zero attached hydrogens (tertiary/aromatic N) is 1. The second kappa shape index (κ2) is 8.48. The van der Waals surface area contributed by atoms with Crippen LogP contribution in [0.4, 0.5) is 5.69 Å². The molecule has 2 aromatic carbocycles. The fraction of sp³-hybridized carbons (Fsp3) is 0.222. The predicted molar refractivity (Wildman–Crippen MR) is 96.8 cm³/mol. The Morgan fingerprint density at radius 3 is 2.61 bits per heavy atom. The summed E-state index contributed by atoms with van der Waals surface area (Å²) >= 11 is 3.37. The summed E-state index contributed by atoms with van der Waals surface area (Å²) in [6, 6.07) is 15.4. The minimum absolute atomic E-state index is 0.126. The summed E-state index contributed by atoms with van der Waals surface area (Å²) in [5, 5.41) is 6.66. The molecule has 0 aliphatic heterocycles. The van der Waals surface area contributed by atoms with Crippen LogP contribution in [0.25, 0.3) is 0 Å². The summed E-state index contributed by atoms with van der Waals surface area (Å²) in [5.74, 6) is 0.105. The lowest BCUT2D eigenvalue weighted by atomic mass is 10.0. The van der Waals surface area contributed by atoms with E-state index in [0.29, 0.717) is 5.92 Å². The number of rotatable bonds is 6. The third-order valence-electron chi connectivity index (χ3n) is 3.20. The fourth-order valence-corrected chi connectivity index (χ4v) is 2.31. The van der Waals surface area contributed by atoms with Crippen molar-refractivity contribution in [1.82, 2.24) is 0 Å². The normalized spacial score (nSPS) is 11.0. The van der Waals surface area contributed by atoms with Crippen molar-refractivity contribution in [2.75, 3.05) is 11.9 Å². The molecule has 0 spiro atoms. The van der Waals surface area contributed by atoms with Crippen LogP contribution in [0.3, 0.4) is 0 Å². The van der Waals surface area contributed by atoms with Gasteiger partial charge in [0.25, 0.3) is 5.91 Å². The quantitative estimate of drug-likeness (QED) is 0.594. The fourth-order valence-electron chi connectivity index (χ4n) is 2.04. The van der Waals surface area contributed by atoms with Crippen LogP contribution in [0, 0.1) is 0 Å². The number of carbonyl (C=O) groups is 1. The van der Waals surface area contributed by atoms with Crippen LogP contribution in [-0.2, 0) is 9.63 Å². The SMILES string of the molecule is CC(C)c1ccccc1NC(=O)CO/N=C\c1ccc(Br)cc1. The van der Waals surface area contributed by atoms with Crippen LogP contribution in [0.1, 0.15) is 30.9 Å². The van der Waals surface area contributed by atoms with Crippen molar-refractivity contribution in [1.29, 1.82) is 0 Å². The van der Waals surface area contributed by atoms with Crippen LogP contribution in [0.15, 0.2) is 58.2 Å². The van der Waals surface area contributed by atoms with E-state index in [4.69, 9.17) is 4.84 Å². The van der Waals surface area contributed by atoms with Gasteiger partial charge in [-0.2, -0.15) is 0 Å². The first-order valence-corrected chi connectivity index (χ1v) is 8.15. The largest absolute Gasteiger partial charge is 0.386 e. The van der Waals surface area contributed by atoms with Crippen molar-refractivity contribution in [3.05, 3.63) is 64.1 Å². The minimum Gasteiger partial charge on any atom is -0.386 e. The molecule has 120 valence electrons. The number of halogens is 1. The molecule has 0 atom stereocenters. The van der Waals surface area contributed by atoms with Crippen LogP contribution in [0.5, 0.6) is 0 Å². The Morgan fingerprint density at radius 1 is 1.22 bits per heavy atom. The molecular formula is C18H19BrN2O2. The second-order valence-electron chi connectivity index (χ2n) is 5.35. The van der Waals surface area contributed by atoms with E-state index in [1.807, 2.05) is 48.5 Å². The molecule has 0 bridgehead atoms. The van der Waals surface area contributed by atoms with Gasteiger partial charge in [0.2, 0.25) is 0 Å². The Hall–Kier alpha value is -2.14. The van der Waals surface area contributed by atoms with Crippen molar-refractivity contribution in [2.24, 2.45) is 5.16 Å². The average Bonchev–Trinajstić information content (AvgIpc) is 2.53. The minimum atomic E-state index is -0.231. The van der Waals surface area contributed by atoms with Crippen molar-refractivity contribution in [3.63, 3.8) is 0 Å².